The van der Waals surface area contributed by atoms with Gasteiger partial charge in [-0.15, -0.1) is 0 Å². The van der Waals surface area contributed by atoms with Gasteiger partial charge in [0.15, 0.2) is 0 Å². The SMILES string of the molecule is N#Cc1cccc(Cn2cc(C(=O)O)cn2)c1. The molecule has 84 valence electrons. The minimum atomic E-state index is -0.998. The van der Waals surface area contributed by atoms with E-state index >= 15 is 0 Å². The molecule has 1 heterocycles. The number of aromatic nitrogens is 2. The number of nitrogens with zero attached hydrogens (tertiary/aromatic N) is 3. The van der Waals surface area contributed by atoms with Crippen LogP contribution in [0.5, 0.6) is 0 Å². The van der Waals surface area contributed by atoms with Crippen molar-refractivity contribution in [3.8, 4) is 6.07 Å². The van der Waals surface area contributed by atoms with Crippen LogP contribution in [0.15, 0.2) is 36.7 Å². The van der Waals surface area contributed by atoms with E-state index < -0.39 is 5.97 Å². The Balaban J connectivity index is 2.19. The van der Waals surface area contributed by atoms with Gasteiger partial charge in [-0.1, -0.05) is 12.1 Å². The van der Waals surface area contributed by atoms with Crippen molar-refractivity contribution in [2.45, 2.75) is 6.54 Å². The van der Waals surface area contributed by atoms with Gasteiger partial charge in [-0.25, -0.2) is 4.79 Å². The van der Waals surface area contributed by atoms with Crippen LogP contribution in [0.1, 0.15) is 21.5 Å². The molecular weight excluding hydrogens is 218 g/mol. The van der Waals surface area contributed by atoms with Gasteiger partial charge in [-0.05, 0) is 17.7 Å². The lowest BCUT2D eigenvalue weighted by Gasteiger charge is -2.01. The smallest absolute Gasteiger partial charge is 0.338 e. The predicted octanol–water partition coefficient (Wildman–Crippen LogP) is 1.50. The summed E-state index contributed by atoms with van der Waals surface area (Å²) in [5, 5.41) is 21.4. The van der Waals surface area contributed by atoms with Crippen molar-refractivity contribution in [3.05, 3.63) is 53.3 Å². The van der Waals surface area contributed by atoms with E-state index in [1.807, 2.05) is 6.07 Å². The molecule has 0 amide bonds. The molecule has 0 unspecified atom stereocenters. The highest BCUT2D eigenvalue weighted by molar-refractivity contribution is 5.86. The average molecular weight is 227 g/mol. The third-order valence-corrected chi connectivity index (χ3v) is 2.28. The fourth-order valence-electron chi connectivity index (χ4n) is 1.49. The lowest BCUT2D eigenvalue weighted by Crippen LogP contribution is -2.00. The average Bonchev–Trinajstić information content (AvgIpc) is 2.78. The molecule has 0 aliphatic rings. The summed E-state index contributed by atoms with van der Waals surface area (Å²) >= 11 is 0. The molecule has 1 N–H and O–H groups in total. The summed E-state index contributed by atoms with van der Waals surface area (Å²) in [6.45, 7) is 0.447. The first kappa shape index (κ1) is 10.9. The highest BCUT2D eigenvalue weighted by Gasteiger charge is 2.06. The zero-order chi connectivity index (χ0) is 12.3. The first-order valence-corrected chi connectivity index (χ1v) is 4.94. The van der Waals surface area contributed by atoms with Gasteiger partial charge in [-0.3, -0.25) is 4.68 Å². The third-order valence-electron chi connectivity index (χ3n) is 2.28. The fraction of sp³-hybridized carbons (Fsp3) is 0.0833. The number of nitriles is 1. The number of carbonyl (C=O) groups is 1. The highest BCUT2D eigenvalue weighted by atomic mass is 16.4. The van der Waals surface area contributed by atoms with Gasteiger partial charge in [-0.2, -0.15) is 10.4 Å². The first-order chi connectivity index (χ1) is 8.19. The molecular formula is C12H9N3O2. The van der Waals surface area contributed by atoms with Crippen LogP contribution in [0.2, 0.25) is 0 Å². The Morgan fingerprint density at radius 3 is 3.00 bits per heavy atom. The fourth-order valence-corrected chi connectivity index (χ4v) is 1.49. The van der Waals surface area contributed by atoms with E-state index in [1.54, 1.807) is 18.2 Å². The predicted molar refractivity (Wildman–Crippen MR) is 59.4 cm³/mol. The molecule has 1 aromatic heterocycles. The number of carboxylic acids is 1. The van der Waals surface area contributed by atoms with E-state index in [9.17, 15) is 4.79 Å². The highest BCUT2D eigenvalue weighted by Crippen LogP contribution is 2.07. The molecule has 0 fully saturated rings. The quantitative estimate of drug-likeness (QED) is 0.861. The Labute approximate surface area is 97.5 Å². The van der Waals surface area contributed by atoms with Crippen molar-refractivity contribution < 1.29 is 9.90 Å². The maximum Gasteiger partial charge on any atom is 0.338 e. The molecule has 2 aromatic rings. The molecule has 5 nitrogen and oxygen atoms in total. The van der Waals surface area contributed by atoms with Crippen molar-refractivity contribution in [3.63, 3.8) is 0 Å². The molecule has 0 saturated heterocycles. The number of benzene rings is 1. The zero-order valence-corrected chi connectivity index (χ0v) is 8.87. The number of aromatic carboxylic acids is 1. The van der Waals surface area contributed by atoms with Crippen LogP contribution in [0.4, 0.5) is 0 Å². The summed E-state index contributed by atoms with van der Waals surface area (Å²) in [5.74, 6) is -0.998. The van der Waals surface area contributed by atoms with Crippen molar-refractivity contribution >= 4 is 5.97 Å². The van der Waals surface area contributed by atoms with Crippen LogP contribution in [-0.4, -0.2) is 20.9 Å². The maximum absolute atomic E-state index is 10.7. The van der Waals surface area contributed by atoms with Crippen LogP contribution < -0.4 is 0 Å². The minimum absolute atomic E-state index is 0.154. The number of hydrogen-bond donors (Lipinski definition) is 1. The van der Waals surface area contributed by atoms with Gasteiger partial charge >= 0.3 is 5.97 Å². The number of carboxylic acid groups (broad SMARTS) is 1. The maximum atomic E-state index is 10.7. The summed E-state index contributed by atoms with van der Waals surface area (Å²) in [6, 6.07) is 9.17. The van der Waals surface area contributed by atoms with Crippen molar-refractivity contribution in [2.75, 3.05) is 0 Å². The zero-order valence-electron chi connectivity index (χ0n) is 8.87. The van der Waals surface area contributed by atoms with Gasteiger partial charge in [0.05, 0.1) is 29.9 Å². The van der Waals surface area contributed by atoms with Crippen molar-refractivity contribution in [1.29, 1.82) is 5.26 Å². The Hall–Kier alpha value is -2.61. The topological polar surface area (TPSA) is 78.9 Å². The van der Waals surface area contributed by atoms with Gasteiger partial charge in [0, 0.05) is 6.20 Å². The van der Waals surface area contributed by atoms with E-state index in [0.29, 0.717) is 12.1 Å². The van der Waals surface area contributed by atoms with Gasteiger partial charge in [0.2, 0.25) is 0 Å². The molecule has 0 bridgehead atoms. The van der Waals surface area contributed by atoms with E-state index in [-0.39, 0.29) is 5.56 Å². The second kappa shape index (κ2) is 4.49. The summed E-state index contributed by atoms with van der Waals surface area (Å²) in [5.41, 5.74) is 1.64. The normalized spacial score (nSPS) is 9.82. The lowest BCUT2D eigenvalue weighted by atomic mass is 10.1. The lowest BCUT2D eigenvalue weighted by molar-refractivity contribution is 0.0697. The third kappa shape index (κ3) is 2.49. The summed E-state index contributed by atoms with van der Waals surface area (Å²) in [6.07, 6.45) is 2.76. The van der Waals surface area contributed by atoms with Crippen molar-refractivity contribution in [1.82, 2.24) is 9.78 Å². The summed E-state index contributed by atoms with van der Waals surface area (Å²) < 4.78 is 1.53. The minimum Gasteiger partial charge on any atom is -0.478 e. The van der Waals surface area contributed by atoms with Crippen LogP contribution in [0, 0.1) is 11.3 Å². The van der Waals surface area contributed by atoms with Crippen LogP contribution in [0.3, 0.4) is 0 Å². The van der Waals surface area contributed by atoms with Gasteiger partial charge in [0.25, 0.3) is 0 Å². The molecule has 17 heavy (non-hydrogen) atoms. The summed E-state index contributed by atoms with van der Waals surface area (Å²) in [7, 11) is 0. The van der Waals surface area contributed by atoms with E-state index in [0.717, 1.165) is 5.56 Å². The second-order valence-corrected chi connectivity index (χ2v) is 3.54. The Bertz CT molecular complexity index is 596. The Morgan fingerprint density at radius 1 is 1.53 bits per heavy atom. The Morgan fingerprint density at radius 2 is 2.35 bits per heavy atom. The van der Waals surface area contributed by atoms with E-state index in [1.165, 1.54) is 17.1 Å². The molecule has 0 saturated carbocycles. The van der Waals surface area contributed by atoms with Crippen LogP contribution >= 0.6 is 0 Å². The monoisotopic (exact) mass is 227 g/mol. The molecule has 5 heteroatoms. The first-order valence-electron chi connectivity index (χ1n) is 4.94. The van der Waals surface area contributed by atoms with Gasteiger partial charge in [0.1, 0.15) is 0 Å². The van der Waals surface area contributed by atoms with Crippen LogP contribution in [-0.2, 0) is 6.54 Å². The van der Waals surface area contributed by atoms with E-state index in [4.69, 9.17) is 10.4 Å². The molecule has 0 aliphatic heterocycles. The molecule has 1 aromatic carbocycles. The molecule has 0 atom stereocenters. The molecule has 0 aliphatic carbocycles. The molecule has 0 radical (unpaired) electrons. The van der Waals surface area contributed by atoms with Crippen LogP contribution in [0.25, 0.3) is 0 Å². The Kier molecular flexibility index (Phi) is 2.88. The van der Waals surface area contributed by atoms with Crippen molar-refractivity contribution in [2.24, 2.45) is 0 Å². The summed E-state index contributed by atoms with van der Waals surface area (Å²) in [4.78, 5) is 10.7. The molecule has 2 rings (SSSR count). The number of hydrogen-bond acceptors (Lipinski definition) is 3. The van der Waals surface area contributed by atoms with E-state index in [2.05, 4.69) is 11.2 Å². The van der Waals surface area contributed by atoms with Gasteiger partial charge < -0.3 is 5.11 Å². The largest absolute Gasteiger partial charge is 0.478 e. The number of rotatable bonds is 3. The standard InChI is InChI=1S/C12H9N3O2/c13-5-9-2-1-3-10(4-9)7-15-8-11(6-14-15)12(16)17/h1-4,6,8H,7H2,(H,16,17). The molecule has 0 spiro atoms. The second-order valence-electron chi connectivity index (χ2n) is 3.54.